The summed E-state index contributed by atoms with van der Waals surface area (Å²) >= 11 is 3.03. The molecule has 9 heteroatoms. The van der Waals surface area contributed by atoms with Gasteiger partial charge in [0.2, 0.25) is 0 Å². The average molecular weight is 340 g/mol. The highest BCUT2D eigenvalue weighted by Gasteiger charge is 2.03. The van der Waals surface area contributed by atoms with Crippen molar-refractivity contribution >= 4 is 25.8 Å². The molecular formula is C9H14BrN3O4S. The highest BCUT2D eigenvalue weighted by Crippen LogP contribution is 1.97. The van der Waals surface area contributed by atoms with E-state index in [-0.39, 0.29) is 10.2 Å². The van der Waals surface area contributed by atoms with Crippen molar-refractivity contribution in [2.45, 2.75) is 6.54 Å². The Morgan fingerprint density at radius 3 is 2.67 bits per heavy atom. The maximum Gasteiger partial charge on any atom is 0.328 e. The van der Waals surface area contributed by atoms with Crippen LogP contribution in [-0.2, 0) is 16.4 Å². The lowest BCUT2D eigenvalue weighted by Crippen LogP contribution is -2.33. The summed E-state index contributed by atoms with van der Waals surface area (Å²) in [6.45, 7) is 1.12. The Morgan fingerprint density at radius 1 is 1.39 bits per heavy atom. The van der Waals surface area contributed by atoms with Crippen LogP contribution < -0.4 is 16.6 Å². The van der Waals surface area contributed by atoms with Crippen LogP contribution in [0.15, 0.2) is 20.3 Å². The molecule has 0 aliphatic heterocycles. The standard InChI is InChI=1S/C9H14BrN3O4S/c1-18(16,17)5-3-11-2-4-13-6-7(10)8(14)12-9(13)15/h6,11H,2-5H2,1H3,(H,12,14,15). The Labute approximate surface area is 112 Å². The van der Waals surface area contributed by atoms with E-state index in [1.807, 2.05) is 0 Å². The number of rotatable bonds is 6. The van der Waals surface area contributed by atoms with E-state index < -0.39 is 21.1 Å². The molecule has 0 fully saturated rings. The summed E-state index contributed by atoms with van der Waals surface area (Å²) in [4.78, 5) is 24.6. The van der Waals surface area contributed by atoms with Gasteiger partial charge in [0.25, 0.3) is 5.56 Å². The SMILES string of the molecule is CS(=O)(=O)CCNCCn1cc(Br)c(=O)[nH]c1=O. The molecule has 7 nitrogen and oxygen atoms in total. The zero-order valence-corrected chi connectivity index (χ0v) is 12.2. The molecule has 0 saturated carbocycles. The molecule has 102 valence electrons. The Kier molecular flexibility index (Phi) is 5.29. The Bertz CT molecular complexity index is 619. The van der Waals surface area contributed by atoms with Gasteiger partial charge in [-0.3, -0.25) is 14.3 Å². The smallest absolute Gasteiger partial charge is 0.314 e. The maximum atomic E-state index is 11.4. The van der Waals surface area contributed by atoms with Gasteiger partial charge in [0.15, 0.2) is 0 Å². The number of aromatic amines is 1. The van der Waals surface area contributed by atoms with Crippen LogP contribution >= 0.6 is 15.9 Å². The molecule has 0 aliphatic carbocycles. The van der Waals surface area contributed by atoms with Gasteiger partial charge in [-0.1, -0.05) is 0 Å². The third-order valence-corrected chi connectivity index (χ3v) is 3.66. The minimum atomic E-state index is -2.98. The largest absolute Gasteiger partial charge is 0.328 e. The first-order valence-corrected chi connectivity index (χ1v) is 8.02. The van der Waals surface area contributed by atoms with Crippen molar-refractivity contribution in [3.8, 4) is 0 Å². The number of hydrogen-bond donors (Lipinski definition) is 2. The highest BCUT2D eigenvalue weighted by atomic mass is 79.9. The molecule has 0 aliphatic rings. The normalized spacial score (nSPS) is 11.7. The molecule has 18 heavy (non-hydrogen) atoms. The molecule has 1 heterocycles. The van der Waals surface area contributed by atoms with Gasteiger partial charge in [0, 0.05) is 32.1 Å². The molecule has 0 saturated heterocycles. The fourth-order valence-electron chi connectivity index (χ4n) is 1.23. The Balaban J connectivity index is 2.48. The molecule has 2 N–H and O–H groups in total. The van der Waals surface area contributed by atoms with Crippen molar-refractivity contribution in [1.82, 2.24) is 14.9 Å². The van der Waals surface area contributed by atoms with Crippen LogP contribution in [0.25, 0.3) is 0 Å². The van der Waals surface area contributed by atoms with E-state index in [1.54, 1.807) is 0 Å². The zero-order valence-electron chi connectivity index (χ0n) is 9.77. The molecule has 0 atom stereocenters. The molecule has 1 aromatic rings. The number of halogens is 1. The van der Waals surface area contributed by atoms with Crippen LogP contribution in [0, 0.1) is 0 Å². The fourth-order valence-corrected chi connectivity index (χ4v) is 2.09. The van der Waals surface area contributed by atoms with Crippen molar-refractivity contribution in [2.24, 2.45) is 0 Å². The Morgan fingerprint density at radius 2 is 2.06 bits per heavy atom. The molecule has 0 unspecified atom stereocenters. The molecule has 0 radical (unpaired) electrons. The molecule has 1 rings (SSSR count). The summed E-state index contributed by atoms with van der Waals surface area (Å²) in [7, 11) is -2.98. The van der Waals surface area contributed by atoms with Crippen LogP contribution in [-0.4, -0.2) is 43.1 Å². The second-order valence-corrected chi connectivity index (χ2v) is 6.92. The van der Waals surface area contributed by atoms with Crippen molar-refractivity contribution in [1.29, 1.82) is 0 Å². The van der Waals surface area contributed by atoms with E-state index in [2.05, 4.69) is 26.2 Å². The first-order chi connectivity index (χ1) is 8.29. The topological polar surface area (TPSA) is 101 Å². The molecule has 0 amide bonds. The fraction of sp³-hybridized carbons (Fsp3) is 0.556. The minimum absolute atomic E-state index is 0.0528. The van der Waals surface area contributed by atoms with E-state index in [0.29, 0.717) is 19.6 Å². The van der Waals surface area contributed by atoms with E-state index in [4.69, 9.17) is 0 Å². The molecule has 0 aromatic carbocycles. The molecule has 0 spiro atoms. The number of aromatic nitrogens is 2. The third kappa shape index (κ3) is 5.15. The van der Waals surface area contributed by atoms with Gasteiger partial charge in [-0.05, 0) is 15.9 Å². The summed E-state index contributed by atoms with van der Waals surface area (Å²) in [5.41, 5.74) is -0.964. The number of nitrogens with one attached hydrogen (secondary N) is 2. The maximum absolute atomic E-state index is 11.4. The van der Waals surface area contributed by atoms with Gasteiger partial charge in [0.05, 0.1) is 10.2 Å². The van der Waals surface area contributed by atoms with Crippen molar-refractivity contribution in [3.05, 3.63) is 31.5 Å². The lowest BCUT2D eigenvalue weighted by atomic mass is 10.5. The van der Waals surface area contributed by atoms with Gasteiger partial charge in [-0.15, -0.1) is 0 Å². The van der Waals surface area contributed by atoms with E-state index in [9.17, 15) is 18.0 Å². The molecule has 0 bridgehead atoms. The van der Waals surface area contributed by atoms with Crippen molar-refractivity contribution < 1.29 is 8.42 Å². The first kappa shape index (κ1) is 15.1. The van der Waals surface area contributed by atoms with Gasteiger partial charge in [-0.25, -0.2) is 13.2 Å². The molecular weight excluding hydrogens is 326 g/mol. The van der Waals surface area contributed by atoms with Crippen molar-refractivity contribution in [2.75, 3.05) is 25.1 Å². The molecule has 1 aromatic heterocycles. The predicted molar refractivity (Wildman–Crippen MR) is 71.6 cm³/mol. The van der Waals surface area contributed by atoms with Crippen LogP contribution in [0.1, 0.15) is 0 Å². The minimum Gasteiger partial charge on any atom is -0.314 e. The summed E-state index contributed by atoms with van der Waals surface area (Å²) in [6.07, 6.45) is 2.57. The number of hydrogen-bond acceptors (Lipinski definition) is 5. The quantitative estimate of drug-likeness (QED) is 0.643. The van der Waals surface area contributed by atoms with Gasteiger partial charge in [-0.2, -0.15) is 0 Å². The first-order valence-electron chi connectivity index (χ1n) is 5.17. The van der Waals surface area contributed by atoms with E-state index in [0.717, 1.165) is 6.26 Å². The van der Waals surface area contributed by atoms with Crippen molar-refractivity contribution in [3.63, 3.8) is 0 Å². The highest BCUT2D eigenvalue weighted by molar-refractivity contribution is 9.10. The monoisotopic (exact) mass is 339 g/mol. The van der Waals surface area contributed by atoms with Gasteiger partial charge in [0.1, 0.15) is 9.84 Å². The third-order valence-electron chi connectivity index (χ3n) is 2.15. The zero-order chi connectivity index (χ0) is 13.8. The second kappa shape index (κ2) is 6.30. The number of nitrogens with zero attached hydrogens (tertiary/aromatic N) is 1. The number of H-pyrrole nitrogens is 1. The average Bonchev–Trinajstić information content (AvgIpc) is 2.23. The van der Waals surface area contributed by atoms with Gasteiger partial charge >= 0.3 is 5.69 Å². The van der Waals surface area contributed by atoms with Crippen LogP contribution in [0.5, 0.6) is 0 Å². The van der Waals surface area contributed by atoms with Gasteiger partial charge < -0.3 is 5.32 Å². The predicted octanol–water partition coefficient (Wildman–Crippen LogP) is -1.07. The lowest BCUT2D eigenvalue weighted by molar-refractivity contribution is 0.574. The van der Waals surface area contributed by atoms with Crippen LogP contribution in [0.2, 0.25) is 0 Å². The second-order valence-electron chi connectivity index (χ2n) is 3.81. The summed E-state index contributed by atoms with van der Waals surface area (Å²) < 4.78 is 23.3. The Hall–Kier alpha value is -0.930. The van der Waals surface area contributed by atoms with E-state index >= 15 is 0 Å². The van der Waals surface area contributed by atoms with Crippen LogP contribution in [0.3, 0.4) is 0 Å². The summed E-state index contributed by atoms with van der Waals surface area (Å²) in [5.74, 6) is 0.0528. The van der Waals surface area contributed by atoms with Crippen LogP contribution in [0.4, 0.5) is 0 Å². The van der Waals surface area contributed by atoms with E-state index in [1.165, 1.54) is 10.8 Å². The number of sulfone groups is 1. The lowest BCUT2D eigenvalue weighted by Gasteiger charge is -2.06. The summed E-state index contributed by atoms with van der Waals surface area (Å²) in [5, 5.41) is 2.91. The summed E-state index contributed by atoms with van der Waals surface area (Å²) in [6, 6.07) is 0.